The van der Waals surface area contributed by atoms with Crippen LogP contribution in [0.2, 0.25) is 0 Å². The van der Waals surface area contributed by atoms with Crippen LogP contribution in [-0.2, 0) is 0 Å². The first-order chi connectivity index (χ1) is 8.84. The van der Waals surface area contributed by atoms with Crippen LogP contribution in [0.3, 0.4) is 0 Å². The van der Waals surface area contributed by atoms with Crippen molar-refractivity contribution < 1.29 is 0 Å². The van der Waals surface area contributed by atoms with E-state index in [1.807, 2.05) is 0 Å². The zero-order chi connectivity index (χ0) is 12.6. The van der Waals surface area contributed by atoms with Gasteiger partial charge in [0, 0.05) is 12.6 Å². The fourth-order valence-electron chi connectivity index (χ4n) is 2.99. The van der Waals surface area contributed by atoms with Gasteiger partial charge in [-0.25, -0.2) is 0 Å². The minimum atomic E-state index is 0.623. The Kier molecular flexibility index (Phi) is 6.21. The number of nitrogens with zero attached hydrogens (tertiary/aromatic N) is 1. The maximum Gasteiger partial charge on any atom is 0.166 e. The van der Waals surface area contributed by atoms with E-state index in [9.17, 15) is 0 Å². The van der Waals surface area contributed by atoms with E-state index in [-0.39, 0.29) is 0 Å². The van der Waals surface area contributed by atoms with Crippen molar-refractivity contribution in [2.24, 2.45) is 0 Å². The van der Waals surface area contributed by atoms with Gasteiger partial charge in [-0.15, -0.1) is 0 Å². The Bertz CT molecular complexity index is 245. The number of rotatable bonds is 5. The summed E-state index contributed by atoms with van der Waals surface area (Å²) in [5.74, 6) is 0. The van der Waals surface area contributed by atoms with E-state index in [0.717, 1.165) is 11.7 Å². The zero-order valence-electron chi connectivity index (χ0n) is 11.4. The molecule has 0 atom stereocenters. The Labute approximate surface area is 117 Å². The topological polar surface area (TPSA) is 27.3 Å². The molecule has 2 fully saturated rings. The first kappa shape index (κ1) is 14.1. The van der Waals surface area contributed by atoms with Crippen molar-refractivity contribution in [3.8, 4) is 0 Å². The molecular weight excluding hydrogens is 242 g/mol. The largest absolute Gasteiger partial charge is 0.363 e. The van der Waals surface area contributed by atoms with Crippen LogP contribution in [0, 0.1) is 0 Å². The van der Waals surface area contributed by atoms with E-state index in [4.69, 9.17) is 12.2 Å². The SMILES string of the molecule is S=C(NCCCN1CCCC1)NC1CCCCC1. The van der Waals surface area contributed by atoms with Gasteiger partial charge in [-0.2, -0.15) is 0 Å². The quantitative estimate of drug-likeness (QED) is 0.591. The van der Waals surface area contributed by atoms with Crippen molar-refractivity contribution in [1.82, 2.24) is 15.5 Å². The number of hydrogen-bond acceptors (Lipinski definition) is 2. The lowest BCUT2D eigenvalue weighted by molar-refractivity contribution is 0.334. The van der Waals surface area contributed by atoms with E-state index < -0.39 is 0 Å². The first-order valence-electron chi connectivity index (χ1n) is 7.61. The number of thiocarbonyl (C=S) groups is 1. The molecule has 1 heterocycles. The van der Waals surface area contributed by atoms with Crippen molar-refractivity contribution in [1.29, 1.82) is 0 Å². The van der Waals surface area contributed by atoms with Gasteiger partial charge in [-0.1, -0.05) is 19.3 Å². The molecule has 2 N–H and O–H groups in total. The average Bonchev–Trinajstić information content (AvgIpc) is 2.89. The summed E-state index contributed by atoms with van der Waals surface area (Å²) in [7, 11) is 0. The monoisotopic (exact) mass is 269 g/mol. The van der Waals surface area contributed by atoms with Crippen LogP contribution in [0.4, 0.5) is 0 Å². The van der Waals surface area contributed by atoms with E-state index >= 15 is 0 Å². The van der Waals surface area contributed by atoms with E-state index in [0.29, 0.717) is 6.04 Å². The molecule has 0 aromatic carbocycles. The van der Waals surface area contributed by atoms with Gasteiger partial charge in [0.1, 0.15) is 0 Å². The molecule has 0 spiro atoms. The highest BCUT2D eigenvalue weighted by molar-refractivity contribution is 7.80. The Hall–Kier alpha value is -0.350. The van der Waals surface area contributed by atoms with Gasteiger partial charge in [0.15, 0.2) is 5.11 Å². The first-order valence-corrected chi connectivity index (χ1v) is 8.02. The molecule has 0 aromatic rings. The molecule has 18 heavy (non-hydrogen) atoms. The van der Waals surface area contributed by atoms with E-state index in [1.54, 1.807) is 0 Å². The summed E-state index contributed by atoms with van der Waals surface area (Å²) < 4.78 is 0. The van der Waals surface area contributed by atoms with Gasteiger partial charge in [-0.05, 0) is 64.0 Å². The maximum atomic E-state index is 5.35. The standard InChI is InChI=1S/C14H27N3S/c18-14(16-13-7-2-1-3-8-13)15-9-6-12-17-10-4-5-11-17/h13H,1-12H2,(H2,15,16,18). The summed E-state index contributed by atoms with van der Waals surface area (Å²) in [6.07, 6.45) is 10.7. The van der Waals surface area contributed by atoms with Crippen LogP contribution in [0.15, 0.2) is 0 Å². The Morgan fingerprint density at radius 1 is 1.06 bits per heavy atom. The van der Waals surface area contributed by atoms with Gasteiger partial charge in [-0.3, -0.25) is 0 Å². The molecule has 0 bridgehead atoms. The summed E-state index contributed by atoms with van der Waals surface area (Å²) in [6.45, 7) is 4.82. The molecule has 0 unspecified atom stereocenters. The van der Waals surface area contributed by atoms with Crippen molar-refractivity contribution in [3.05, 3.63) is 0 Å². The molecule has 3 nitrogen and oxygen atoms in total. The highest BCUT2D eigenvalue weighted by atomic mass is 32.1. The summed E-state index contributed by atoms with van der Waals surface area (Å²) in [5, 5.41) is 7.67. The second kappa shape index (κ2) is 7.95. The Balaban J connectivity index is 1.48. The van der Waals surface area contributed by atoms with E-state index in [1.165, 1.54) is 71.0 Å². The highest BCUT2D eigenvalue weighted by Crippen LogP contribution is 2.17. The predicted octanol–water partition coefficient (Wildman–Crippen LogP) is 2.27. The lowest BCUT2D eigenvalue weighted by Gasteiger charge is -2.24. The third kappa shape index (κ3) is 5.11. The minimum Gasteiger partial charge on any atom is -0.363 e. The molecule has 1 aliphatic heterocycles. The van der Waals surface area contributed by atoms with Crippen LogP contribution >= 0.6 is 12.2 Å². The van der Waals surface area contributed by atoms with Gasteiger partial charge in [0.25, 0.3) is 0 Å². The summed E-state index contributed by atoms with van der Waals surface area (Å²) in [6, 6.07) is 0.623. The molecule has 104 valence electrons. The van der Waals surface area contributed by atoms with Crippen molar-refractivity contribution in [2.45, 2.75) is 57.4 Å². The second-order valence-electron chi connectivity index (χ2n) is 5.64. The summed E-state index contributed by atoms with van der Waals surface area (Å²) in [5.41, 5.74) is 0. The number of nitrogens with one attached hydrogen (secondary N) is 2. The van der Waals surface area contributed by atoms with Crippen molar-refractivity contribution >= 4 is 17.3 Å². The normalized spacial score (nSPS) is 22.0. The Morgan fingerprint density at radius 3 is 2.50 bits per heavy atom. The van der Waals surface area contributed by atoms with E-state index in [2.05, 4.69) is 15.5 Å². The van der Waals surface area contributed by atoms with Gasteiger partial charge in [0.05, 0.1) is 0 Å². The smallest absolute Gasteiger partial charge is 0.166 e. The lowest BCUT2D eigenvalue weighted by Crippen LogP contribution is -2.43. The minimum absolute atomic E-state index is 0.623. The molecule has 2 rings (SSSR count). The van der Waals surface area contributed by atoms with Gasteiger partial charge >= 0.3 is 0 Å². The average molecular weight is 269 g/mol. The predicted molar refractivity (Wildman–Crippen MR) is 80.9 cm³/mol. The molecule has 0 amide bonds. The molecule has 1 saturated carbocycles. The van der Waals surface area contributed by atoms with Crippen molar-refractivity contribution in [3.63, 3.8) is 0 Å². The third-order valence-electron chi connectivity index (χ3n) is 4.08. The third-order valence-corrected chi connectivity index (χ3v) is 4.34. The molecule has 1 saturated heterocycles. The summed E-state index contributed by atoms with van der Waals surface area (Å²) >= 11 is 5.35. The second-order valence-corrected chi connectivity index (χ2v) is 6.05. The van der Waals surface area contributed by atoms with Crippen LogP contribution < -0.4 is 10.6 Å². The van der Waals surface area contributed by atoms with Crippen molar-refractivity contribution in [2.75, 3.05) is 26.2 Å². The molecular formula is C14H27N3S. The van der Waals surface area contributed by atoms with Gasteiger partial charge < -0.3 is 15.5 Å². The number of hydrogen-bond donors (Lipinski definition) is 2. The van der Waals surface area contributed by atoms with Crippen LogP contribution in [0.25, 0.3) is 0 Å². The van der Waals surface area contributed by atoms with Gasteiger partial charge in [0.2, 0.25) is 0 Å². The maximum absolute atomic E-state index is 5.35. The van der Waals surface area contributed by atoms with Crippen LogP contribution in [0.5, 0.6) is 0 Å². The molecule has 0 aromatic heterocycles. The lowest BCUT2D eigenvalue weighted by atomic mass is 9.96. The van der Waals surface area contributed by atoms with Crippen LogP contribution in [-0.4, -0.2) is 42.2 Å². The zero-order valence-corrected chi connectivity index (χ0v) is 12.2. The number of likely N-dealkylation sites (tertiary alicyclic amines) is 1. The molecule has 1 aliphatic carbocycles. The summed E-state index contributed by atoms with van der Waals surface area (Å²) in [4.78, 5) is 2.55. The highest BCUT2D eigenvalue weighted by Gasteiger charge is 2.14. The fourth-order valence-corrected chi connectivity index (χ4v) is 3.26. The Morgan fingerprint density at radius 2 is 1.78 bits per heavy atom. The molecule has 4 heteroatoms. The van der Waals surface area contributed by atoms with Crippen LogP contribution in [0.1, 0.15) is 51.4 Å². The molecule has 2 aliphatic rings. The fraction of sp³-hybridized carbons (Fsp3) is 0.929. The molecule has 0 radical (unpaired) electrons.